The lowest BCUT2D eigenvalue weighted by Crippen LogP contribution is -2.38. The highest BCUT2D eigenvalue weighted by Gasteiger charge is 2.39. The first kappa shape index (κ1) is 18.4. The first-order valence-electron chi connectivity index (χ1n) is 9.85. The summed E-state index contributed by atoms with van der Waals surface area (Å²) in [5.74, 6) is 1.77. The van der Waals surface area contributed by atoms with E-state index in [1.54, 1.807) is 12.1 Å². The number of aromatic nitrogens is 2. The fourth-order valence-corrected chi connectivity index (χ4v) is 3.92. The molecule has 0 bridgehead atoms. The van der Waals surface area contributed by atoms with E-state index in [4.69, 9.17) is 9.72 Å². The van der Waals surface area contributed by atoms with Gasteiger partial charge in [-0.1, -0.05) is 12.1 Å². The number of carbonyl (C=O) groups excluding carboxylic acids is 1. The summed E-state index contributed by atoms with van der Waals surface area (Å²) < 4.78 is 21.0. The lowest BCUT2D eigenvalue weighted by atomic mass is 9.99. The molecule has 0 unspecified atom stereocenters. The van der Waals surface area contributed by atoms with Gasteiger partial charge in [0, 0.05) is 12.1 Å². The first-order valence-corrected chi connectivity index (χ1v) is 9.85. The molecule has 0 spiro atoms. The Labute approximate surface area is 173 Å². The quantitative estimate of drug-likeness (QED) is 0.519. The van der Waals surface area contributed by atoms with Crippen molar-refractivity contribution in [3.8, 4) is 17.2 Å². The van der Waals surface area contributed by atoms with Crippen LogP contribution in [0.1, 0.15) is 25.6 Å². The number of carbonyl (C=O) groups is 1. The third-order valence-electron chi connectivity index (χ3n) is 5.47. The van der Waals surface area contributed by atoms with Crippen LogP contribution in [-0.4, -0.2) is 15.5 Å². The summed E-state index contributed by atoms with van der Waals surface area (Å²) in [6.07, 6.45) is 1.19. The van der Waals surface area contributed by atoms with Crippen molar-refractivity contribution in [3.63, 3.8) is 0 Å². The van der Waals surface area contributed by atoms with Crippen LogP contribution in [0.15, 0.2) is 72.8 Å². The molecule has 3 aromatic carbocycles. The van der Waals surface area contributed by atoms with Crippen molar-refractivity contribution in [1.29, 1.82) is 0 Å². The number of hydrogen-bond donors (Lipinski definition) is 1. The number of benzene rings is 3. The Hall–Kier alpha value is -3.67. The molecule has 5 nitrogen and oxygen atoms in total. The molecule has 1 aliphatic rings. The molecule has 30 heavy (non-hydrogen) atoms. The van der Waals surface area contributed by atoms with Crippen LogP contribution >= 0.6 is 0 Å². The molecular weight excluding hydrogens is 381 g/mol. The third-order valence-corrected chi connectivity index (χ3v) is 5.47. The number of nitrogens with zero attached hydrogens (tertiary/aromatic N) is 2. The van der Waals surface area contributed by atoms with Crippen LogP contribution in [0, 0.1) is 5.82 Å². The van der Waals surface area contributed by atoms with Crippen LogP contribution in [0.25, 0.3) is 16.7 Å². The Morgan fingerprint density at radius 1 is 1.00 bits per heavy atom. The topological polar surface area (TPSA) is 56.2 Å². The van der Waals surface area contributed by atoms with Crippen molar-refractivity contribution in [2.75, 3.05) is 0 Å². The van der Waals surface area contributed by atoms with Gasteiger partial charge >= 0.3 is 0 Å². The minimum absolute atomic E-state index is 0.0409. The zero-order chi connectivity index (χ0) is 20.7. The number of fused-ring (bicyclic) bond motifs is 1. The molecule has 1 atom stereocenters. The smallest absolute Gasteiger partial charge is 0.220 e. The van der Waals surface area contributed by atoms with Gasteiger partial charge in [0.25, 0.3) is 0 Å². The second-order valence-corrected chi connectivity index (χ2v) is 7.69. The molecule has 0 radical (unpaired) electrons. The van der Waals surface area contributed by atoms with Gasteiger partial charge in [-0.3, -0.25) is 9.36 Å². The number of rotatable bonds is 4. The summed E-state index contributed by atoms with van der Waals surface area (Å²) in [6.45, 7) is 2.02. The van der Waals surface area contributed by atoms with E-state index in [2.05, 4.69) is 9.88 Å². The Balaban J connectivity index is 1.55. The first-order chi connectivity index (χ1) is 14.5. The molecule has 1 amide bonds. The molecule has 5 rings (SSSR count). The fourth-order valence-electron chi connectivity index (χ4n) is 3.92. The van der Waals surface area contributed by atoms with E-state index < -0.39 is 5.54 Å². The van der Waals surface area contributed by atoms with E-state index in [0.717, 1.165) is 22.5 Å². The van der Waals surface area contributed by atoms with Crippen molar-refractivity contribution in [2.24, 2.45) is 0 Å². The van der Waals surface area contributed by atoms with E-state index >= 15 is 0 Å². The highest BCUT2D eigenvalue weighted by molar-refractivity contribution is 5.82. The molecule has 1 aromatic heterocycles. The average molecular weight is 401 g/mol. The average Bonchev–Trinajstić information content (AvgIpc) is 3.31. The number of ether oxygens (including phenoxy) is 1. The van der Waals surface area contributed by atoms with Crippen molar-refractivity contribution in [1.82, 2.24) is 14.9 Å². The second-order valence-electron chi connectivity index (χ2n) is 7.69. The molecular formula is C24H20FN3O2. The molecule has 0 aliphatic carbocycles. The molecule has 1 aliphatic heterocycles. The number of hydrogen-bond acceptors (Lipinski definition) is 3. The lowest BCUT2D eigenvalue weighted by Gasteiger charge is -2.24. The summed E-state index contributed by atoms with van der Waals surface area (Å²) in [6, 6.07) is 21.5. The standard InChI is InChI=1S/C24H20FN3O2/c1-24(15-14-22(29)27-24)23-26-20-4-2-3-5-21(20)28(23)17-8-12-19(13-9-17)30-18-10-6-16(25)7-11-18/h2-13H,14-15H2,1H3,(H,27,29)/t24-/m0/s1. The van der Waals surface area contributed by atoms with Gasteiger partial charge in [0.1, 0.15) is 23.1 Å². The number of amides is 1. The zero-order valence-corrected chi connectivity index (χ0v) is 16.4. The van der Waals surface area contributed by atoms with Gasteiger partial charge in [-0.25, -0.2) is 9.37 Å². The van der Waals surface area contributed by atoms with Crippen LogP contribution in [0.5, 0.6) is 11.5 Å². The Morgan fingerprint density at radius 2 is 1.67 bits per heavy atom. The summed E-state index contributed by atoms with van der Waals surface area (Å²) in [5, 5.41) is 3.09. The number of imidazole rings is 1. The van der Waals surface area contributed by atoms with E-state index in [9.17, 15) is 9.18 Å². The van der Waals surface area contributed by atoms with E-state index in [0.29, 0.717) is 24.3 Å². The lowest BCUT2D eigenvalue weighted by molar-refractivity contribution is -0.119. The van der Waals surface area contributed by atoms with Gasteiger partial charge < -0.3 is 10.1 Å². The van der Waals surface area contributed by atoms with Crippen LogP contribution in [-0.2, 0) is 10.3 Å². The van der Waals surface area contributed by atoms with Crippen molar-refractivity contribution < 1.29 is 13.9 Å². The van der Waals surface area contributed by atoms with Gasteiger partial charge in [-0.15, -0.1) is 0 Å². The van der Waals surface area contributed by atoms with Crippen LogP contribution < -0.4 is 10.1 Å². The highest BCUT2D eigenvalue weighted by Crippen LogP contribution is 2.35. The number of nitrogens with one attached hydrogen (secondary N) is 1. The minimum Gasteiger partial charge on any atom is -0.457 e. The summed E-state index contributed by atoms with van der Waals surface area (Å²) in [7, 11) is 0. The Morgan fingerprint density at radius 3 is 2.33 bits per heavy atom. The van der Waals surface area contributed by atoms with Gasteiger partial charge in [-0.2, -0.15) is 0 Å². The van der Waals surface area contributed by atoms with Crippen LogP contribution in [0.2, 0.25) is 0 Å². The number of halogens is 1. The van der Waals surface area contributed by atoms with E-state index in [1.807, 2.05) is 55.5 Å². The monoisotopic (exact) mass is 401 g/mol. The van der Waals surface area contributed by atoms with Crippen LogP contribution in [0.3, 0.4) is 0 Å². The van der Waals surface area contributed by atoms with Crippen molar-refractivity contribution in [2.45, 2.75) is 25.3 Å². The van der Waals surface area contributed by atoms with Crippen LogP contribution in [0.4, 0.5) is 4.39 Å². The predicted molar refractivity (Wildman–Crippen MR) is 112 cm³/mol. The van der Waals surface area contributed by atoms with Gasteiger partial charge in [-0.05, 0) is 74.0 Å². The van der Waals surface area contributed by atoms with Crippen molar-refractivity contribution in [3.05, 3.63) is 84.4 Å². The maximum atomic E-state index is 13.1. The molecule has 4 aromatic rings. The van der Waals surface area contributed by atoms with E-state index in [1.165, 1.54) is 12.1 Å². The van der Waals surface area contributed by atoms with Gasteiger partial charge in [0.2, 0.25) is 5.91 Å². The molecule has 1 N–H and O–H groups in total. The third kappa shape index (κ3) is 3.20. The Bertz CT molecular complexity index is 1230. The van der Waals surface area contributed by atoms with Crippen molar-refractivity contribution >= 4 is 16.9 Å². The predicted octanol–water partition coefficient (Wildman–Crippen LogP) is 5.08. The summed E-state index contributed by atoms with van der Waals surface area (Å²) in [5.41, 5.74) is 2.25. The molecule has 1 saturated heterocycles. The van der Waals surface area contributed by atoms with E-state index in [-0.39, 0.29) is 11.7 Å². The fraction of sp³-hybridized carbons (Fsp3) is 0.167. The highest BCUT2D eigenvalue weighted by atomic mass is 19.1. The van der Waals surface area contributed by atoms with Gasteiger partial charge in [0.15, 0.2) is 0 Å². The Kier molecular flexibility index (Phi) is 4.28. The second kappa shape index (κ2) is 6.99. The maximum Gasteiger partial charge on any atom is 0.220 e. The minimum atomic E-state index is -0.528. The molecule has 0 saturated carbocycles. The SMILES string of the molecule is C[C@@]1(c2nc3ccccc3n2-c2ccc(Oc3ccc(F)cc3)cc2)CCC(=O)N1. The zero-order valence-electron chi connectivity index (χ0n) is 16.4. The summed E-state index contributed by atoms with van der Waals surface area (Å²) >= 11 is 0. The molecule has 6 heteroatoms. The molecule has 2 heterocycles. The van der Waals surface area contributed by atoms with Gasteiger partial charge in [0.05, 0.1) is 16.6 Å². The largest absolute Gasteiger partial charge is 0.457 e. The number of para-hydroxylation sites is 2. The summed E-state index contributed by atoms with van der Waals surface area (Å²) in [4.78, 5) is 16.8. The normalized spacial score (nSPS) is 18.5. The molecule has 1 fully saturated rings. The molecule has 150 valence electrons. The maximum absolute atomic E-state index is 13.1.